The lowest BCUT2D eigenvalue weighted by Crippen LogP contribution is -2.40. The monoisotopic (exact) mass is 387 g/mol. The first-order valence-electron chi connectivity index (χ1n) is 10.3. The van der Waals surface area contributed by atoms with Crippen LogP contribution in [0.25, 0.3) is 0 Å². The number of β-amino-alcohol motifs (C(OH)–C–C–N with tert-alkyl or cyclic N) is 1. The molecule has 0 radical (unpaired) electrons. The number of aromatic nitrogens is 2. The molecule has 1 N–H and O–H groups in total. The van der Waals surface area contributed by atoms with Gasteiger partial charge in [0.05, 0.1) is 25.4 Å². The summed E-state index contributed by atoms with van der Waals surface area (Å²) in [4.78, 5) is 2.24. The first kappa shape index (κ1) is 19.5. The van der Waals surface area contributed by atoms with Gasteiger partial charge in [-0.3, -0.25) is 4.90 Å². The number of benzene rings is 1. The number of nitrogens with zero attached hydrogens (tertiary/aromatic N) is 3. The Morgan fingerprint density at radius 2 is 1.96 bits per heavy atom. The Balaban J connectivity index is 1.30. The van der Waals surface area contributed by atoms with Gasteiger partial charge in [0.2, 0.25) is 11.8 Å². The summed E-state index contributed by atoms with van der Waals surface area (Å²) in [5.74, 6) is 1.23. The quantitative estimate of drug-likeness (QED) is 0.746. The van der Waals surface area contributed by atoms with Gasteiger partial charge in [0.25, 0.3) is 0 Å². The molecular formula is C21H29N3O4. The molecule has 4 rings (SSSR count). The van der Waals surface area contributed by atoms with E-state index in [9.17, 15) is 5.11 Å². The van der Waals surface area contributed by atoms with Crippen LogP contribution in [0, 0.1) is 0 Å². The van der Waals surface area contributed by atoms with Crippen molar-refractivity contribution in [2.75, 3.05) is 26.3 Å². The minimum absolute atomic E-state index is 0.0557. The summed E-state index contributed by atoms with van der Waals surface area (Å²) < 4.78 is 17.3. The average Bonchev–Trinajstić information content (AvgIpc) is 3.41. The fraction of sp³-hybridized carbons (Fsp3) is 0.619. The number of aliphatic hydroxyl groups excluding tert-OH is 1. The molecule has 3 heterocycles. The third-order valence-electron chi connectivity index (χ3n) is 5.43. The lowest BCUT2D eigenvalue weighted by atomic mass is 10.0. The molecule has 7 heteroatoms. The largest absolute Gasteiger partial charge is 0.421 e. The minimum atomic E-state index is -0.551. The molecule has 3 atom stereocenters. The first-order valence-corrected chi connectivity index (χ1v) is 10.3. The van der Waals surface area contributed by atoms with Crippen LogP contribution >= 0.6 is 0 Å². The zero-order valence-corrected chi connectivity index (χ0v) is 16.2. The zero-order valence-electron chi connectivity index (χ0n) is 16.2. The summed E-state index contributed by atoms with van der Waals surface area (Å²) in [6.45, 7) is 3.03. The van der Waals surface area contributed by atoms with Crippen molar-refractivity contribution < 1.29 is 19.0 Å². The number of rotatable bonds is 8. The maximum atomic E-state index is 10.5. The topological polar surface area (TPSA) is 80.9 Å². The van der Waals surface area contributed by atoms with Crippen LogP contribution in [-0.4, -0.2) is 52.6 Å². The maximum absolute atomic E-state index is 10.5. The SMILES string of the molecule is OC(COCc1ccccc1)CN1CCCCC1c1nnc([C@H]2CCCO2)o1. The molecule has 2 unspecified atom stereocenters. The Morgan fingerprint density at radius 1 is 1.11 bits per heavy atom. The van der Waals surface area contributed by atoms with Crippen LogP contribution in [0.15, 0.2) is 34.7 Å². The molecule has 152 valence electrons. The third-order valence-corrected chi connectivity index (χ3v) is 5.43. The van der Waals surface area contributed by atoms with E-state index in [1.807, 2.05) is 30.3 Å². The second kappa shape index (κ2) is 9.60. The molecular weight excluding hydrogens is 358 g/mol. The Bertz CT molecular complexity index is 717. The Kier molecular flexibility index (Phi) is 6.69. The van der Waals surface area contributed by atoms with Gasteiger partial charge in [-0.15, -0.1) is 10.2 Å². The van der Waals surface area contributed by atoms with Crippen LogP contribution in [0.5, 0.6) is 0 Å². The van der Waals surface area contributed by atoms with Crippen molar-refractivity contribution in [2.24, 2.45) is 0 Å². The van der Waals surface area contributed by atoms with Gasteiger partial charge in [0, 0.05) is 13.2 Å². The van der Waals surface area contributed by atoms with Gasteiger partial charge in [-0.1, -0.05) is 36.8 Å². The highest BCUT2D eigenvalue weighted by Crippen LogP contribution is 2.33. The summed E-state index contributed by atoms with van der Waals surface area (Å²) in [6, 6.07) is 10.1. The van der Waals surface area contributed by atoms with Crippen molar-refractivity contribution in [2.45, 2.75) is 57.0 Å². The second-order valence-electron chi connectivity index (χ2n) is 7.64. The Labute approximate surface area is 165 Å². The molecule has 2 aliphatic rings. The molecule has 0 spiro atoms. The lowest BCUT2D eigenvalue weighted by Gasteiger charge is -2.34. The summed E-state index contributed by atoms with van der Waals surface area (Å²) >= 11 is 0. The number of hydrogen-bond donors (Lipinski definition) is 1. The van der Waals surface area contributed by atoms with E-state index in [0.717, 1.165) is 50.8 Å². The minimum Gasteiger partial charge on any atom is -0.421 e. The van der Waals surface area contributed by atoms with Crippen molar-refractivity contribution in [3.05, 3.63) is 47.7 Å². The lowest BCUT2D eigenvalue weighted by molar-refractivity contribution is -0.00739. The molecule has 2 aliphatic heterocycles. The summed E-state index contributed by atoms with van der Waals surface area (Å²) in [6.07, 6.45) is 4.56. The second-order valence-corrected chi connectivity index (χ2v) is 7.64. The van der Waals surface area contributed by atoms with Crippen molar-refractivity contribution in [1.29, 1.82) is 0 Å². The predicted octanol–water partition coefficient (Wildman–Crippen LogP) is 3.03. The number of aliphatic hydroxyl groups is 1. The van der Waals surface area contributed by atoms with E-state index in [1.54, 1.807) is 0 Å². The van der Waals surface area contributed by atoms with Gasteiger partial charge in [-0.05, 0) is 37.8 Å². The highest BCUT2D eigenvalue weighted by molar-refractivity contribution is 5.13. The molecule has 28 heavy (non-hydrogen) atoms. The van der Waals surface area contributed by atoms with Gasteiger partial charge in [-0.25, -0.2) is 0 Å². The van der Waals surface area contributed by atoms with Crippen molar-refractivity contribution in [3.8, 4) is 0 Å². The van der Waals surface area contributed by atoms with E-state index in [-0.39, 0.29) is 12.1 Å². The first-order chi connectivity index (χ1) is 13.8. The van der Waals surface area contributed by atoms with Gasteiger partial charge in [0.1, 0.15) is 6.10 Å². The standard InChI is InChI=1S/C21H29N3O4/c25-17(15-26-14-16-7-2-1-3-8-16)13-24-11-5-4-9-18(24)20-22-23-21(28-20)19-10-6-12-27-19/h1-3,7-8,17-19,25H,4-6,9-15H2/t17?,18?,19-/m1/s1. The number of likely N-dealkylation sites (tertiary alicyclic amines) is 1. The molecule has 0 saturated carbocycles. The van der Waals surface area contributed by atoms with Crippen LogP contribution < -0.4 is 0 Å². The van der Waals surface area contributed by atoms with E-state index >= 15 is 0 Å². The molecule has 1 aromatic heterocycles. The molecule has 0 aliphatic carbocycles. The van der Waals surface area contributed by atoms with E-state index < -0.39 is 6.10 Å². The highest BCUT2D eigenvalue weighted by atomic mass is 16.5. The Hall–Kier alpha value is -1.80. The predicted molar refractivity (Wildman–Crippen MR) is 102 cm³/mol. The fourth-order valence-electron chi connectivity index (χ4n) is 3.98. The van der Waals surface area contributed by atoms with Crippen molar-refractivity contribution >= 4 is 0 Å². The summed E-state index contributed by atoms with van der Waals surface area (Å²) in [5, 5.41) is 19.0. The molecule has 2 aromatic rings. The molecule has 2 saturated heterocycles. The van der Waals surface area contributed by atoms with Gasteiger partial charge in [0.15, 0.2) is 0 Å². The van der Waals surface area contributed by atoms with Crippen LogP contribution in [0.2, 0.25) is 0 Å². The zero-order chi connectivity index (χ0) is 19.2. The number of piperidine rings is 1. The summed E-state index contributed by atoms with van der Waals surface area (Å²) in [7, 11) is 0. The van der Waals surface area contributed by atoms with Gasteiger partial charge < -0.3 is 19.0 Å². The average molecular weight is 387 g/mol. The van der Waals surface area contributed by atoms with Crippen LogP contribution in [-0.2, 0) is 16.1 Å². The van der Waals surface area contributed by atoms with Crippen molar-refractivity contribution in [1.82, 2.24) is 15.1 Å². The molecule has 0 bridgehead atoms. The molecule has 2 fully saturated rings. The number of hydrogen-bond acceptors (Lipinski definition) is 7. The van der Waals surface area contributed by atoms with E-state index in [4.69, 9.17) is 13.9 Å². The normalized spacial score (nSPS) is 24.5. The van der Waals surface area contributed by atoms with Gasteiger partial charge in [-0.2, -0.15) is 0 Å². The number of ether oxygens (including phenoxy) is 2. The molecule has 0 amide bonds. The highest BCUT2D eigenvalue weighted by Gasteiger charge is 2.31. The van der Waals surface area contributed by atoms with Crippen LogP contribution in [0.4, 0.5) is 0 Å². The third kappa shape index (κ3) is 4.97. The van der Waals surface area contributed by atoms with Gasteiger partial charge >= 0.3 is 0 Å². The smallest absolute Gasteiger partial charge is 0.245 e. The molecule has 1 aromatic carbocycles. The fourth-order valence-corrected chi connectivity index (χ4v) is 3.98. The maximum Gasteiger partial charge on any atom is 0.245 e. The van der Waals surface area contributed by atoms with E-state index in [2.05, 4.69) is 15.1 Å². The van der Waals surface area contributed by atoms with Crippen LogP contribution in [0.3, 0.4) is 0 Å². The Morgan fingerprint density at radius 3 is 2.79 bits per heavy atom. The molecule has 7 nitrogen and oxygen atoms in total. The van der Waals surface area contributed by atoms with Crippen molar-refractivity contribution in [3.63, 3.8) is 0 Å². The summed E-state index contributed by atoms with van der Waals surface area (Å²) in [5.41, 5.74) is 1.11. The van der Waals surface area contributed by atoms with E-state index in [1.165, 1.54) is 0 Å². The van der Waals surface area contributed by atoms with E-state index in [0.29, 0.717) is 31.5 Å². The van der Waals surface area contributed by atoms with Crippen LogP contribution in [0.1, 0.15) is 61.6 Å².